The van der Waals surface area contributed by atoms with Gasteiger partial charge < -0.3 is 15.0 Å². The second-order valence-electron chi connectivity index (χ2n) is 6.94. The number of amides is 1. The molecule has 0 bridgehead atoms. The molecule has 0 radical (unpaired) electrons. The lowest BCUT2D eigenvalue weighted by Crippen LogP contribution is -2.39. The number of para-hydroxylation sites is 1. The second kappa shape index (κ2) is 8.80. The SMILES string of the molecule is O=C(COc1ccc(Cl)cc1)NCC1CCN(c2nc3ccccc3s2)CC1. The first-order valence-electron chi connectivity index (χ1n) is 9.43. The maximum absolute atomic E-state index is 12.0. The molecular weight excluding hydrogens is 394 g/mol. The highest BCUT2D eigenvalue weighted by molar-refractivity contribution is 7.22. The molecule has 0 saturated carbocycles. The molecule has 2 aromatic carbocycles. The Hall–Kier alpha value is -2.31. The second-order valence-corrected chi connectivity index (χ2v) is 8.39. The maximum Gasteiger partial charge on any atom is 0.257 e. The van der Waals surface area contributed by atoms with Gasteiger partial charge in [0.2, 0.25) is 0 Å². The number of fused-ring (bicyclic) bond motifs is 1. The number of anilines is 1. The zero-order valence-electron chi connectivity index (χ0n) is 15.4. The van der Waals surface area contributed by atoms with Crippen LogP contribution in [0.3, 0.4) is 0 Å². The average Bonchev–Trinajstić information content (AvgIpc) is 3.16. The molecule has 0 spiro atoms. The summed E-state index contributed by atoms with van der Waals surface area (Å²) < 4.78 is 6.71. The molecule has 146 valence electrons. The third kappa shape index (κ3) is 4.75. The van der Waals surface area contributed by atoms with Gasteiger partial charge in [-0.1, -0.05) is 35.1 Å². The first-order chi connectivity index (χ1) is 13.7. The maximum atomic E-state index is 12.0. The van der Waals surface area contributed by atoms with Gasteiger partial charge in [0.25, 0.3) is 5.91 Å². The van der Waals surface area contributed by atoms with Crippen molar-refractivity contribution in [3.63, 3.8) is 0 Å². The Bertz CT molecular complexity index is 903. The van der Waals surface area contributed by atoms with Crippen molar-refractivity contribution in [2.75, 3.05) is 31.1 Å². The molecule has 1 saturated heterocycles. The standard InChI is InChI=1S/C21H22ClN3O2S/c22-16-5-7-17(8-6-16)27-14-20(26)23-13-15-9-11-25(12-10-15)21-24-18-3-1-2-4-19(18)28-21/h1-8,15H,9-14H2,(H,23,26). The summed E-state index contributed by atoms with van der Waals surface area (Å²) in [5.74, 6) is 1.04. The van der Waals surface area contributed by atoms with Crippen molar-refractivity contribution >= 4 is 44.2 Å². The summed E-state index contributed by atoms with van der Waals surface area (Å²) in [7, 11) is 0. The van der Waals surface area contributed by atoms with Crippen LogP contribution in [0.15, 0.2) is 48.5 Å². The number of nitrogens with zero attached hydrogens (tertiary/aromatic N) is 2. The Balaban J connectivity index is 1.20. The van der Waals surface area contributed by atoms with Crippen LogP contribution < -0.4 is 15.0 Å². The number of carbonyl (C=O) groups is 1. The Morgan fingerprint density at radius 1 is 1.18 bits per heavy atom. The van der Waals surface area contributed by atoms with E-state index in [2.05, 4.69) is 28.4 Å². The van der Waals surface area contributed by atoms with Crippen molar-refractivity contribution < 1.29 is 9.53 Å². The van der Waals surface area contributed by atoms with Crippen LogP contribution in [0.4, 0.5) is 5.13 Å². The number of rotatable bonds is 6. The number of hydrogen-bond acceptors (Lipinski definition) is 5. The number of aromatic nitrogens is 1. The van der Waals surface area contributed by atoms with E-state index in [4.69, 9.17) is 21.3 Å². The number of ether oxygens (including phenoxy) is 1. The normalized spacial score (nSPS) is 15.0. The molecular formula is C21H22ClN3O2S. The fraction of sp³-hybridized carbons (Fsp3) is 0.333. The highest BCUT2D eigenvalue weighted by Crippen LogP contribution is 2.31. The number of carbonyl (C=O) groups excluding carboxylic acids is 1. The van der Waals surface area contributed by atoms with E-state index in [0.29, 0.717) is 23.2 Å². The molecule has 2 heterocycles. The molecule has 7 heteroatoms. The molecule has 0 atom stereocenters. The number of benzene rings is 2. The Morgan fingerprint density at radius 3 is 2.68 bits per heavy atom. The highest BCUT2D eigenvalue weighted by Gasteiger charge is 2.22. The van der Waals surface area contributed by atoms with Crippen molar-refractivity contribution in [1.82, 2.24) is 10.3 Å². The molecule has 3 aromatic rings. The van der Waals surface area contributed by atoms with E-state index in [9.17, 15) is 4.79 Å². The average molecular weight is 416 g/mol. The summed E-state index contributed by atoms with van der Waals surface area (Å²) in [6, 6.07) is 15.3. The Morgan fingerprint density at radius 2 is 1.93 bits per heavy atom. The van der Waals surface area contributed by atoms with E-state index < -0.39 is 0 Å². The molecule has 0 aliphatic carbocycles. The van der Waals surface area contributed by atoms with Gasteiger partial charge in [0, 0.05) is 24.7 Å². The van der Waals surface area contributed by atoms with Gasteiger partial charge in [-0.05, 0) is 55.2 Å². The van der Waals surface area contributed by atoms with E-state index in [-0.39, 0.29) is 12.5 Å². The molecule has 1 fully saturated rings. The van der Waals surface area contributed by atoms with E-state index in [1.165, 1.54) is 4.70 Å². The van der Waals surface area contributed by atoms with Crippen molar-refractivity contribution in [2.24, 2.45) is 5.92 Å². The quantitative estimate of drug-likeness (QED) is 0.649. The molecule has 4 rings (SSSR count). The topological polar surface area (TPSA) is 54.5 Å². The lowest BCUT2D eigenvalue weighted by atomic mass is 9.97. The number of nitrogens with one attached hydrogen (secondary N) is 1. The van der Waals surface area contributed by atoms with Gasteiger partial charge >= 0.3 is 0 Å². The summed E-state index contributed by atoms with van der Waals surface area (Å²) in [5.41, 5.74) is 1.07. The molecule has 28 heavy (non-hydrogen) atoms. The monoisotopic (exact) mass is 415 g/mol. The van der Waals surface area contributed by atoms with Gasteiger partial charge in [0.1, 0.15) is 5.75 Å². The molecule has 1 aliphatic rings. The Kier molecular flexibility index (Phi) is 5.98. The highest BCUT2D eigenvalue weighted by atomic mass is 35.5. The van der Waals surface area contributed by atoms with Gasteiger partial charge in [-0.15, -0.1) is 0 Å². The minimum atomic E-state index is -0.0939. The Labute approximate surface area is 173 Å². The molecule has 1 N–H and O–H groups in total. The summed E-state index contributed by atoms with van der Waals surface area (Å²) in [6.45, 7) is 2.66. The molecule has 1 aromatic heterocycles. The van der Waals surface area contributed by atoms with Crippen molar-refractivity contribution in [3.8, 4) is 5.75 Å². The number of piperidine rings is 1. The van der Waals surface area contributed by atoms with Crippen molar-refractivity contribution in [1.29, 1.82) is 0 Å². The predicted molar refractivity (Wildman–Crippen MR) is 115 cm³/mol. The summed E-state index contributed by atoms with van der Waals surface area (Å²) in [5, 5.41) is 4.73. The predicted octanol–water partition coefficient (Wildman–Crippen LogP) is 4.36. The van der Waals surface area contributed by atoms with Crippen LogP contribution in [0, 0.1) is 5.92 Å². The van der Waals surface area contributed by atoms with Crippen LogP contribution in [0.2, 0.25) is 5.02 Å². The summed E-state index contributed by atoms with van der Waals surface area (Å²) >= 11 is 7.59. The third-order valence-electron chi connectivity index (χ3n) is 4.94. The van der Waals surface area contributed by atoms with Crippen LogP contribution in [-0.4, -0.2) is 37.1 Å². The number of hydrogen-bond donors (Lipinski definition) is 1. The largest absolute Gasteiger partial charge is 0.484 e. The first-order valence-corrected chi connectivity index (χ1v) is 10.6. The van der Waals surface area contributed by atoms with Crippen molar-refractivity contribution in [2.45, 2.75) is 12.8 Å². The van der Waals surface area contributed by atoms with Gasteiger partial charge in [-0.2, -0.15) is 0 Å². The van der Waals surface area contributed by atoms with Crippen LogP contribution >= 0.6 is 22.9 Å². The lowest BCUT2D eigenvalue weighted by Gasteiger charge is -2.31. The van der Waals surface area contributed by atoms with Crippen molar-refractivity contribution in [3.05, 3.63) is 53.6 Å². The molecule has 1 aliphatic heterocycles. The van der Waals surface area contributed by atoms with Crippen LogP contribution in [0.1, 0.15) is 12.8 Å². The van der Waals surface area contributed by atoms with Crippen LogP contribution in [0.5, 0.6) is 5.75 Å². The smallest absolute Gasteiger partial charge is 0.257 e. The minimum Gasteiger partial charge on any atom is -0.484 e. The molecule has 5 nitrogen and oxygen atoms in total. The molecule has 1 amide bonds. The lowest BCUT2D eigenvalue weighted by molar-refractivity contribution is -0.123. The van der Waals surface area contributed by atoms with E-state index in [0.717, 1.165) is 36.6 Å². The zero-order chi connectivity index (χ0) is 19.3. The van der Waals surface area contributed by atoms with E-state index in [1.54, 1.807) is 35.6 Å². The van der Waals surface area contributed by atoms with Crippen LogP contribution in [-0.2, 0) is 4.79 Å². The number of halogens is 1. The zero-order valence-corrected chi connectivity index (χ0v) is 17.0. The fourth-order valence-corrected chi connectivity index (χ4v) is 4.46. The van der Waals surface area contributed by atoms with E-state index >= 15 is 0 Å². The minimum absolute atomic E-state index is 0.0200. The fourth-order valence-electron chi connectivity index (χ4n) is 3.31. The van der Waals surface area contributed by atoms with Gasteiger partial charge in [-0.25, -0.2) is 4.98 Å². The van der Waals surface area contributed by atoms with Crippen LogP contribution in [0.25, 0.3) is 10.2 Å². The summed E-state index contributed by atoms with van der Waals surface area (Å²) in [6.07, 6.45) is 2.10. The van der Waals surface area contributed by atoms with Gasteiger partial charge in [0.15, 0.2) is 11.7 Å². The summed E-state index contributed by atoms with van der Waals surface area (Å²) in [4.78, 5) is 19.1. The third-order valence-corrected chi connectivity index (χ3v) is 6.29. The first kappa shape index (κ1) is 19.0. The molecule has 0 unspecified atom stereocenters. The number of thiazole rings is 1. The van der Waals surface area contributed by atoms with Gasteiger partial charge in [-0.3, -0.25) is 4.79 Å². The van der Waals surface area contributed by atoms with Gasteiger partial charge in [0.05, 0.1) is 10.2 Å². The van der Waals surface area contributed by atoms with E-state index in [1.807, 2.05) is 6.07 Å².